The fraction of sp³-hybridized carbons (Fsp3) is 0.450. The first-order chi connectivity index (χ1) is 13.5. The standard InChI is InChI=1S/C20H26ClN3O4.HI/c1-3-22-19(24-13-20(2,25)17-5-4-8-27-17)23-7-6-14-11-15(21)18-16(12-14)26-9-10-28-18;/h4-5,8,11-12,25H,3,6-7,9-10,13H2,1-2H3,(H2,22,23,24);1H. The second kappa shape index (κ2) is 10.9. The number of fused-ring (bicyclic) bond motifs is 1. The number of benzene rings is 1. The third kappa shape index (κ3) is 6.42. The van der Waals surface area contributed by atoms with E-state index in [1.54, 1.807) is 19.1 Å². The molecule has 3 rings (SSSR count). The number of nitrogens with one attached hydrogen (secondary N) is 2. The first-order valence-corrected chi connectivity index (χ1v) is 9.74. The molecule has 0 radical (unpaired) electrons. The molecule has 3 N–H and O–H groups in total. The molecule has 160 valence electrons. The quantitative estimate of drug-likeness (QED) is 0.286. The molecule has 1 aromatic carbocycles. The number of aliphatic hydroxyl groups is 1. The molecule has 0 aliphatic carbocycles. The molecular weight excluding hydrogens is 509 g/mol. The molecule has 2 aromatic rings. The Kier molecular flexibility index (Phi) is 8.91. The van der Waals surface area contributed by atoms with Crippen LogP contribution in [0.2, 0.25) is 5.02 Å². The Morgan fingerprint density at radius 3 is 2.79 bits per heavy atom. The van der Waals surface area contributed by atoms with E-state index in [0.29, 0.717) is 54.5 Å². The van der Waals surface area contributed by atoms with Gasteiger partial charge in [0.1, 0.15) is 24.6 Å². The van der Waals surface area contributed by atoms with Crippen LogP contribution in [0.4, 0.5) is 0 Å². The van der Waals surface area contributed by atoms with E-state index in [1.165, 1.54) is 6.26 Å². The van der Waals surface area contributed by atoms with E-state index in [1.807, 2.05) is 19.1 Å². The van der Waals surface area contributed by atoms with Crippen molar-refractivity contribution in [1.29, 1.82) is 0 Å². The molecule has 2 heterocycles. The fourth-order valence-electron chi connectivity index (χ4n) is 2.87. The maximum atomic E-state index is 10.5. The molecule has 1 aliphatic heterocycles. The number of rotatable bonds is 7. The van der Waals surface area contributed by atoms with Gasteiger partial charge < -0.3 is 29.6 Å². The van der Waals surface area contributed by atoms with Crippen LogP contribution in [0.3, 0.4) is 0 Å². The highest BCUT2D eigenvalue weighted by molar-refractivity contribution is 14.0. The number of furan rings is 1. The molecule has 1 unspecified atom stereocenters. The maximum Gasteiger partial charge on any atom is 0.191 e. The number of aliphatic imine (C=N–C) groups is 1. The van der Waals surface area contributed by atoms with Crippen LogP contribution in [-0.4, -0.2) is 43.9 Å². The Balaban J connectivity index is 0.00000300. The molecule has 0 saturated carbocycles. The molecule has 0 amide bonds. The number of nitrogens with zero attached hydrogens (tertiary/aromatic N) is 1. The number of halogens is 2. The molecule has 7 nitrogen and oxygen atoms in total. The van der Waals surface area contributed by atoms with E-state index in [9.17, 15) is 5.11 Å². The minimum Gasteiger partial charge on any atom is -0.486 e. The van der Waals surface area contributed by atoms with E-state index in [-0.39, 0.29) is 30.5 Å². The molecule has 1 aromatic heterocycles. The largest absolute Gasteiger partial charge is 0.486 e. The minimum atomic E-state index is -1.17. The third-order valence-electron chi connectivity index (χ3n) is 4.30. The number of hydrogen-bond donors (Lipinski definition) is 3. The average Bonchev–Trinajstić information content (AvgIpc) is 3.22. The second-order valence-corrected chi connectivity index (χ2v) is 7.13. The summed E-state index contributed by atoms with van der Waals surface area (Å²) >= 11 is 6.29. The van der Waals surface area contributed by atoms with Crippen LogP contribution in [0.1, 0.15) is 25.2 Å². The van der Waals surface area contributed by atoms with Gasteiger partial charge in [-0.3, -0.25) is 0 Å². The van der Waals surface area contributed by atoms with Crippen LogP contribution in [0, 0.1) is 0 Å². The van der Waals surface area contributed by atoms with Crippen LogP contribution in [-0.2, 0) is 12.0 Å². The molecule has 29 heavy (non-hydrogen) atoms. The Morgan fingerprint density at radius 1 is 1.28 bits per heavy atom. The molecule has 0 saturated heterocycles. The van der Waals surface area contributed by atoms with Gasteiger partial charge in [-0.1, -0.05) is 11.6 Å². The van der Waals surface area contributed by atoms with Gasteiger partial charge in [-0.25, -0.2) is 4.99 Å². The van der Waals surface area contributed by atoms with Crippen molar-refractivity contribution in [3.05, 3.63) is 46.9 Å². The van der Waals surface area contributed by atoms with Crippen molar-refractivity contribution in [2.75, 3.05) is 32.8 Å². The van der Waals surface area contributed by atoms with Crippen molar-refractivity contribution in [3.8, 4) is 11.5 Å². The fourth-order valence-corrected chi connectivity index (χ4v) is 3.16. The Morgan fingerprint density at radius 2 is 2.07 bits per heavy atom. The van der Waals surface area contributed by atoms with Crippen LogP contribution < -0.4 is 20.1 Å². The van der Waals surface area contributed by atoms with Crippen LogP contribution in [0.25, 0.3) is 0 Å². The number of hydrogen-bond acceptors (Lipinski definition) is 5. The lowest BCUT2D eigenvalue weighted by molar-refractivity contribution is 0.0437. The highest BCUT2D eigenvalue weighted by atomic mass is 127. The van der Waals surface area contributed by atoms with Gasteiger partial charge in [0.15, 0.2) is 17.5 Å². The highest BCUT2D eigenvalue weighted by Crippen LogP contribution is 2.38. The summed E-state index contributed by atoms with van der Waals surface area (Å²) in [5.74, 6) is 2.40. The van der Waals surface area contributed by atoms with Crippen molar-refractivity contribution in [1.82, 2.24) is 10.6 Å². The molecule has 0 fully saturated rings. The zero-order chi connectivity index (χ0) is 20.0. The van der Waals surface area contributed by atoms with E-state index in [2.05, 4.69) is 15.6 Å². The van der Waals surface area contributed by atoms with Gasteiger partial charge in [-0.05, 0) is 50.1 Å². The lowest BCUT2D eigenvalue weighted by Crippen LogP contribution is -2.39. The Labute approximate surface area is 192 Å². The summed E-state index contributed by atoms with van der Waals surface area (Å²) in [6.45, 7) is 6.23. The normalized spacial score (nSPS) is 15.2. The predicted octanol–water partition coefficient (Wildman–Crippen LogP) is 3.33. The molecule has 0 bridgehead atoms. The highest BCUT2D eigenvalue weighted by Gasteiger charge is 2.26. The van der Waals surface area contributed by atoms with E-state index in [0.717, 1.165) is 12.0 Å². The summed E-state index contributed by atoms with van der Waals surface area (Å²) in [6, 6.07) is 7.33. The topological polar surface area (TPSA) is 88.3 Å². The van der Waals surface area contributed by atoms with Gasteiger partial charge in [0.05, 0.1) is 17.8 Å². The SMILES string of the molecule is CCNC(=NCC(C)(O)c1ccco1)NCCc1cc(Cl)c2c(c1)OCCO2.I. The number of guanidine groups is 1. The average molecular weight is 536 g/mol. The summed E-state index contributed by atoms with van der Waals surface area (Å²) in [7, 11) is 0. The first-order valence-electron chi connectivity index (χ1n) is 9.36. The first kappa shape index (κ1) is 23.6. The van der Waals surface area contributed by atoms with Crippen molar-refractivity contribution in [2.24, 2.45) is 4.99 Å². The lowest BCUT2D eigenvalue weighted by Gasteiger charge is -2.21. The lowest BCUT2D eigenvalue weighted by atomic mass is 10.0. The van der Waals surface area contributed by atoms with Crippen LogP contribution in [0.5, 0.6) is 11.5 Å². The Bertz CT molecular complexity index is 812. The molecule has 0 spiro atoms. The van der Waals surface area contributed by atoms with Crippen LogP contribution >= 0.6 is 35.6 Å². The predicted molar refractivity (Wildman–Crippen MR) is 124 cm³/mol. The Hall–Kier alpha value is -1.65. The summed E-state index contributed by atoms with van der Waals surface area (Å²) in [6.07, 6.45) is 2.27. The summed E-state index contributed by atoms with van der Waals surface area (Å²) in [4.78, 5) is 4.47. The molecule has 1 aliphatic rings. The maximum absolute atomic E-state index is 10.5. The van der Waals surface area contributed by atoms with E-state index >= 15 is 0 Å². The van der Waals surface area contributed by atoms with Gasteiger partial charge in [0.25, 0.3) is 0 Å². The molecular formula is C20H27ClIN3O4. The van der Waals surface area contributed by atoms with Crippen molar-refractivity contribution in [2.45, 2.75) is 25.9 Å². The molecule has 1 atom stereocenters. The van der Waals surface area contributed by atoms with Gasteiger partial charge in [-0.2, -0.15) is 0 Å². The van der Waals surface area contributed by atoms with Crippen molar-refractivity contribution in [3.63, 3.8) is 0 Å². The monoisotopic (exact) mass is 535 g/mol. The molecule has 9 heteroatoms. The minimum absolute atomic E-state index is 0. The van der Waals surface area contributed by atoms with Crippen LogP contribution in [0.15, 0.2) is 39.9 Å². The summed E-state index contributed by atoms with van der Waals surface area (Å²) < 4.78 is 16.5. The summed E-state index contributed by atoms with van der Waals surface area (Å²) in [5.41, 5.74) is -0.130. The van der Waals surface area contributed by atoms with Gasteiger partial charge in [0.2, 0.25) is 0 Å². The van der Waals surface area contributed by atoms with E-state index < -0.39 is 5.60 Å². The zero-order valence-corrected chi connectivity index (χ0v) is 19.6. The van der Waals surface area contributed by atoms with Crippen molar-refractivity contribution >= 4 is 41.5 Å². The van der Waals surface area contributed by atoms with Crippen molar-refractivity contribution < 1.29 is 19.0 Å². The second-order valence-electron chi connectivity index (χ2n) is 6.72. The summed E-state index contributed by atoms with van der Waals surface area (Å²) in [5, 5.41) is 17.5. The van der Waals surface area contributed by atoms with E-state index in [4.69, 9.17) is 25.5 Å². The van der Waals surface area contributed by atoms with Gasteiger partial charge in [-0.15, -0.1) is 24.0 Å². The third-order valence-corrected chi connectivity index (χ3v) is 4.58. The number of ether oxygens (including phenoxy) is 2. The van der Waals surface area contributed by atoms with Gasteiger partial charge >= 0.3 is 0 Å². The zero-order valence-electron chi connectivity index (χ0n) is 16.5. The smallest absolute Gasteiger partial charge is 0.191 e. The van der Waals surface area contributed by atoms with Gasteiger partial charge in [0, 0.05) is 13.1 Å².